The average molecular weight is 404 g/mol. The van der Waals surface area contributed by atoms with Crippen molar-refractivity contribution in [1.82, 2.24) is 14.5 Å². The predicted molar refractivity (Wildman–Crippen MR) is 122 cm³/mol. The molecular formula is C27H23N4+. The molecule has 0 bridgehead atoms. The number of nitrogens with zero attached hydrogens (tertiary/aromatic N) is 4. The summed E-state index contributed by atoms with van der Waals surface area (Å²) in [5.74, 6) is 0. The van der Waals surface area contributed by atoms with Gasteiger partial charge in [-0.25, -0.2) is 9.13 Å². The molecule has 5 aromatic rings. The van der Waals surface area contributed by atoms with Crippen LogP contribution in [0, 0.1) is 0 Å². The molecule has 0 saturated carbocycles. The van der Waals surface area contributed by atoms with Crippen LogP contribution in [-0.2, 0) is 13.1 Å². The molecule has 4 nitrogen and oxygen atoms in total. The van der Waals surface area contributed by atoms with Crippen LogP contribution in [0.2, 0.25) is 0 Å². The van der Waals surface area contributed by atoms with Crippen molar-refractivity contribution < 1.29 is 4.57 Å². The van der Waals surface area contributed by atoms with E-state index in [0.717, 1.165) is 11.4 Å². The maximum atomic E-state index is 4.56. The number of rotatable bonds is 6. The molecule has 0 unspecified atom stereocenters. The van der Waals surface area contributed by atoms with Crippen molar-refractivity contribution in [2.75, 3.05) is 0 Å². The molecule has 0 saturated heterocycles. The number of pyridine rings is 2. The Labute approximate surface area is 182 Å². The van der Waals surface area contributed by atoms with E-state index < -0.39 is 0 Å². The zero-order chi connectivity index (χ0) is 20.9. The lowest BCUT2D eigenvalue weighted by Crippen LogP contribution is -2.35. The zero-order valence-corrected chi connectivity index (χ0v) is 17.2. The molecule has 3 aromatic heterocycles. The van der Waals surface area contributed by atoms with Crippen LogP contribution in [0.1, 0.15) is 11.4 Å². The van der Waals surface area contributed by atoms with Gasteiger partial charge in [-0.2, -0.15) is 0 Å². The highest BCUT2D eigenvalue weighted by Gasteiger charge is 2.26. The second-order valence-corrected chi connectivity index (χ2v) is 7.44. The SMILES string of the molecule is c1ccc(-c2c(-c3ccccc3)[n+](Cc3ccccn3)cn2Cc2ccccn2)cc1. The summed E-state index contributed by atoms with van der Waals surface area (Å²) in [6.45, 7) is 1.39. The first-order chi connectivity index (χ1) is 15.4. The molecule has 3 heterocycles. The minimum Gasteiger partial charge on any atom is -0.257 e. The van der Waals surface area contributed by atoms with E-state index in [4.69, 9.17) is 0 Å². The van der Waals surface area contributed by atoms with E-state index in [0.29, 0.717) is 13.1 Å². The molecule has 0 atom stereocenters. The zero-order valence-electron chi connectivity index (χ0n) is 17.2. The fraction of sp³-hybridized carbons (Fsp3) is 0.0741. The number of hydrogen-bond acceptors (Lipinski definition) is 2. The summed E-state index contributed by atoms with van der Waals surface area (Å²) in [6, 6.07) is 33.3. The van der Waals surface area contributed by atoms with Gasteiger partial charge in [-0.3, -0.25) is 9.97 Å². The molecule has 0 spiro atoms. The molecule has 5 rings (SSSR count). The molecule has 0 aliphatic rings. The van der Waals surface area contributed by atoms with Gasteiger partial charge >= 0.3 is 0 Å². The first kappa shape index (κ1) is 18.9. The topological polar surface area (TPSA) is 34.6 Å². The molecule has 4 heteroatoms. The Morgan fingerprint density at radius 3 is 1.81 bits per heavy atom. The van der Waals surface area contributed by atoms with E-state index in [-0.39, 0.29) is 0 Å². The second kappa shape index (κ2) is 8.76. The van der Waals surface area contributed by atoms with Crippen molar-refractivity contribution >= 4 is 0 Å². The van der Waals surface area contributed by atoms with Crippen molar-refractivity contribution in [1.29, 1.82) is 0 Å². The van der Waals surface area contributed by atoms with Crippen LogP contribution in [-0.4, -0.2) is 14.5 Å². The Balaban J connectivity index is 1.72. The summed E-state index contributed by atoms with van der Waals surface area (Å²) in [6.07, 6.45) is 5.89. The monoisotopic (exact) mass is 403 g/mol. The highest BCUT2D eigenvalue weighted by atomic mass is 15.2. The summed E-state index contributed by atoms with van der Waals surface area (Å²) in [5.41, 5.74) is 6.76. The highest BCUT2D eigenvalue weighted by molar-refractivity contribution is 5.76. The number of imidazole rings is 1. The standard InChI is InChI=1S/C27H23N4/c1-3-11-22(12-4-1)26-27(23-13-5-2-6-14-23)31(20-25-16-8-10-18-29-25)21-30(26)19-24-15-7-9-17-28-24/h1-18,21H,19-20H2/q+1. The average Bonchev–Trinajstić information content (AvgIpc) is 3.19. The van der Waals surface area contributed by atoms with Gasteiger partial charge in [0, 0.05) is 23.5 Å². The van der Waals surface area contributed by atoms with Crippen molar-refractivity contribution in [2.24, 2.45) is 0 Å². The van der Waals surface area contributed by atoms with E-state index in [1.54, 1.807) is 0 Å². The lowest BCUT2D eigenvalue weighted by molar-refractivity contribution is -0.677. The molecule has 0 aliphatic carbocycles. The molecule has 150 valence electrons. The third kappa shape index (κ3) is 4.14. The van der Waals surface area contributed by atoms with Crippen LogP contribution in [0.25, 0.3) is 22.5 Å². The minimum absolute atomic E-state index is 0.695. The van der Waals surface area contributed by atoms with Crippen LogP contribution >= 0.6 is 0 Å². The molecule has 0 aliphatic heterocycles. The Morgan fingerprint density at radius 1 is 0.613 bits per heavy atom. The van der Waals surface area contributed by atoms with Crippen LogP contribution < -0.4 is 4.57 Å². The van der Waals surface area contributed by atoms with Crippen LogP contribution in [0.3, 0.4) is 0 Å². The second-order valence-electron chi connectivity index (χ2n) is 7.44. The number of benzene rings is 2. The van der Waals surface area contributed by atoms with Gasteiger partial charge in [0.05, 0.1) is 11.4 Å². The fourth-order valence-corrected chi connectivity index (χ4v) is 3.93. The summed E-state index contributed by atoms with van der Waals surface area (Å²) in [4.78, 5) is 9.12. The molecule has 31 heavy (non-hydrogen) atoms. The third-order valence-corrected chi connectivity index (χ3v) is 5.29. The molecule has 0 fully saturated rings. The lowest BCUT2D eigenvalue weighted by Gasteiger charge is -2.06. The van der Waals surface area contributed by atoms with Gasteiger partial charge < -0.3 is 0 Å². The summed E-state index contributed by atoms with van der Waals surface area (Å²) >= 11 is 0. The van der Waals surface area contributed by atoms with E-state index in [2.05, 4.69) is 98.2 Å². The van der Waals surface area contributed by atoms with Crippen LogP contribution in [0.5, 0.6) is 0 Å². The minimum atomic E-state index is 0.695. The third-order valence-electron chi connectivity index (χ3n) is 5.29. The van der Waals surface area contributed by atoms with E-state index in [1.165, 1.54) is 22.5 Å². The molecule has 0 amide bonds. The molecular weight excluding hydrogens is 380 g/mol. The van der Waals surface area contributed by atoms with E-state index >= 15 is 0 Å². The van der Waals surface area contributed by atoms with Crippen LogP contribution in [0.15, 0.2) is 116 Å². The highest BCUT2D eigenvalue weighted by Crippen LogP contribution is 2.30. The number of hydrogen-bond donors (Lipinski definition) is 0. The quantitative estimate of drug-likeness (QED) is 0.374. The van der Waals surface area contributed by atoms with Crippen molar-refractivity contribution in [3.05, 3.63) is 127 Å². The van der Waals surface area contributed by atoms with E-state index in [9.17, 15) is 0 Å². The smallest absolute Gasteiger partial charge is 0.245 e. The van der Waals surface area contributed by atoms with Gasteiger partial charge in [-0.1, -0.05) is 72.8 Å². The van der Waals surface area contributed by atoms with Gasteiger partial charge in [0.15, 0.2) is 11.4 Å². The largest absolute Gasteiger partial charge is 0.257 e. The maximum absolute atomic E-state index is 4.56. The van der Waals surface area contributed by atoms with Gasteiger partial charge in [-0.05, 0) is 24.3 Å². The number of aromatic nitrogens is 4. The van der Waals surface area contributed by atoms with Crippen LogP contribution in [0.4, 0.5) is 0 Å². The fourth-order valence-electron chi connectivity index (χ4n) is 3.93. The van der Waals surface area contributed by atoms with Gasteiger partial charge in [0.1, 0.15) is 13.1 Å². The lowest BCUT2D eigenvalue weighted by atomic mass is 10.0. The van der Waals surface area contributed by atoms with Gasteiger partial charge in [0.25, 0.3) is 0 Å². The maximum Gasteiger partial charge on any atom is 0.245 e. The molecule has 0 N–H and O–H groups in total. The van der Waals surface area contributed by atoms with Crippen molar-refractivity contribution in [3.63, 3.8) is 0 Å². The molecule has 2 aromatic carbocycles. The van der Waals surface area contributed by atoms with E-state index in [1.807, 2.05) is 36.7 Å². The Kier molecular flexibility index (Phi) is 5.35. The Morgan fingerprint density at radius 2 is 1.19 bits per heavy atom. The van der Waals surface area contributed by atoms with Crippen molar-refractivity contribution in [2.45, 2.75) is 13.1 Å². The van der Waals surface area contributed by atoms with Crippen molar-refractivity contribution in [3.8, 4) is 22.5 Å². The summed E-state index contributed by atoms with van der Waals surface area (Å²) in [7, 11) is 0. The predicted octanol–water partition coefficient (Wildman–Crippen LogP) is 5.00. The molecule has 0 radical (unpaired) electrons. The van der Waals surface area contributed by atoms with Gasteiger partial charge in [-0.15, -0.1) is 0 Å². The first-order valence-corrected chi connectivity index (χ1v) is 10.4. The summed E-state index contributed by atoms with van der Waals surface area (Å²) in [5, 5.41) is 0. The van der Waals surface area contributed by atoms with Gasteiger partial charge in [0.2, 0.25) is 6.33 Å². The Bertz CT molecular complexity index is 1150. The first-order valence-electron chi connectivity index (χ1n) is 10.4. The summed E-state index contributed by atoms with van der Waals surface area (Å²) < 4.78 is 4.59. The Hall–Kier alpha value is -4.05. The normalized spacial score (nSPS) is 10.8.